The first kappa shape index (κ1) is 23.4. The van der Waals surface area contributed by atoms with E-state index in [1.165, 1.54) is 0 Å². The second-order valence-corrected chi connectivity index (χ2v) is 9.57. The molecule has 0 bridgehead atoms. The van der Waals surface area contributed by atoms with Crippen LogP contribution in [0.2, 0.25) is 5.02 Å². The number of ether oxygens (including phenoxy) is 1. The van der Waals surface area contributed by atoms with Crippen molar-refractivity contribution < 1.29 is 14.3 Å². The van der Waals surface area contributed by atoms with Gasteiger partial charge in [0, 0.05) is 37.2 Å². The van der Waals surface area contributed by atoms with Gasteiger partial charge in [0.15, 0.2) is 5.82 Å². The molecule has 2 amide bonds. The zero-order chi connectivity index (χ0) is 24.5. The van der Waals surface area contributed by atoms with Crippen LogP contribution in [0.15, 0.2) is 36.4 Å². The summed E-state index contributed by atoms with van der Waals surface area (Å²) in [6.45, 7) is 3.11. The highest BCUT2D eigenvalue weighted by Gasteiger charge is 2.36. The van der Waals surface area contributed by atoms with Crippen LogP contribution in [0.25, 0.3) is 11.4 Å². The van der Waals surface area contributed by atoms with E-state index in [2.05, 4.69) is 20.1 Å². The normalized spacial score (nSPS) is 17.7. The average Bonchev–Trinajstić information content (AvgIpc) is 3.35. The standard InChI is InChI=1S/C26H28ClN5O3/c1-16-7-10-22(35-2)21(12-16)32-15-17(13-24(32)33)26(34)28-18-8-9-20(27)19(14-18)25-30-29-23-6-4-3-5-11-31(23)25/h7-10,12,14,17H,3-6,11,13,15H2,1-2H3,(H,28,34). The van der Waals surface area contributed by atoms with E-state index in [1.54, 1.807) is 24.1 Å². The molecule has 3 heterocycles. The van der Waals surface area contributed by atoms with Crippen LogP contribution in [0.4, 0.5) is 11.4 Å². The molecular weight excluding hydrogens is 466 g/mol. The zero-order valence-corrected chi connectivity index (χ0v) is 20.6. The summed E-state index contributed by atoms with van der Waals surface area (Å²) in [6.07, 6.45) is 4.38. The van der Waals surface area contributed by atoms with E-state index >= 15 is 0 Å². The van der Waals surface area contributed by atoms with Crippen molar-refractivity contribution in [3.05, 3.63) is 52.8 Å². The van der Waals surface area contributed by atoms with Gasteiger partial charge in [-0.15, -0.1) is 10.2 Å². The third-order valence-corrected chi connectivity index (χ3v) is 7.03. The van der Waals surface area contributed by atoms with Gasteiger partial charge in [0.2, 0.25) is 11.8 Å². The van der Waals surface area contributed by atoms with Crippen molar-refractivity contribution in [2.45, 2.75) is 45.6 Å². The lowest BCUT2D eigenvalue weighted by molar-refractivity contribution is -0.122. The number of methoxy groups -OCH3 is 1. The van der Waals surface area contributed by atoms with Gasteiger partial charge in [-0.1, -0.05) is 24.1 Å². The average molecular weight is 494 g/mol. The SMILES string of the molecule is COc1ccc(C)cc1N1CC(C(=O)Nc2ccc(Cl)c(-c3nnc4n3CCCCC4)c2)CC1=O. The molecule has 1 N–H and O–H groups in total. The van der Waals surface area contributed by atoms with Crippen molar-refractivity contribution in [2.75, 3.05) is 23.9 Å². The Hall–Kier alpha value is -3.39. The summed E-state index contributed by atoms with van der Waals surface area (Å²) in [5.41, 5.74) is 3.05. The molecule has 2 aliphatic rings. The predicted octanol–water partition coefficient (Wildman–Crippen LogP) is 4.63. The van der Waals surface area contributed by atoms with Crippen molar-refractivity contribution in [2.24, 2.45) is 5.92 Å². The third-order valence-electron chi connectivity index (χ3n) is 6.71. The first-order valence-corrected chi connectivity index (χ1v) is 12.3. The molecule has 5 rings (SSSR count). The number of carbonyl (C=O) groups is 2. The highest BCUT2D eigenvalue weighted by atomic mass is 35.5. The maximum atomic E-state index is 13.1. The minimum Gasteiger partial charge on any atom is -0.495 e. The number of hydrogen-bond donors (Lipinski definition) is 1. The molecule has 0 saturated carbocycles. The molecule has 1 atom stereocenters. The van der Waals surface area contributed by atoms with Crippen LogP contribution >= 0.6 is 11.6 Å². The summed E-state index contributed by atoms with van der Waals surface area (Å²) < 4.78 is 7.57. The first-order valence-electron chi connectivity index (χ1n) is 11.9. The molecule has 2 aromatic carbocycles. The molecule has 3 aromatic rings. The Morgan fingerprint density at radius 1 is 1.14 bits per heavy atom. The highest BCUT2D eigenvalue weighted by Crippen LogP contribution is 2.35. The van der Waals surface area contributed by atoms with Crippen molar-refractivity contribution in [3.63, 3.8) is 0 Å². The topological polar surface area (TPSA) is 89.3 Å². The smallest absolute Gasteiger partial charge is 0.229 e. The quantitative estimate of drug-likeness (QED) is 0.559. The molecule has 0 radical (unpaired) electrons. The fourth-order valence-corrected chi connectivity index (χ4v) is 5.03. The van der Waals surface area contributed by atoms with Gasteiger partial charge in [-0.3, -0.25) is 9.59 Å². The molecular formula is C26H28ClN5O3. The lowest BCUT2D eigenvalue weighted by Gasteiger charge is -2.20. The number of aryl methyl sites for hydroxylation is 2. The Bertz CT molecular complexity index is 1290. The van der Waals surface area contributed by atoms with Gasteiger partial charge < -0.3 is 19.5 Å². The predicted molar refractivity (Wildman–Crippen MR) is 135 cm³/mol. The fourth-order valence-electron chi connectivity index (χ4n) is 4.83. The summed E-state index contributed by atoms with van der Waals surface area (Å²) in [4.78, 5) is 27.6. The number of benzene rings is 2. The molecule has 1 aromatic heterocycles. The zero-order valence-electron chi connectivity index (χ0n) is 19.9. The minimum absolute atomic E-state index is 0.100. The van der Waals surface area contributed by atoms with E-state index in [-0.39, 0.29) is 18.2 Å². The van der Waals surface area contributed by atoms with E-state index in [0.29, 0.717) is 28.7 Å². The molecule has 182 valence electrons. The van der Waals surface area contributed by atoms with Gasteiger partial charge >= 0.3 is 0 Å². The molecule has 1 saturated heterocycles. The monoisotopic (exact) mass is 493 g/mol. The van der Waals surface area contributed by atoms with Crippen LogP contribution in [-0.4, -0.2) is 40.2 Å². The second-order valence-electron chi connectivity index (χ2n) is 9.17. The summed E-state index contributed by atoms with van der Waals surface area (Å²) in [7, 11) is 1.57. The van der Waals surface area contributed by atoms with Crippen LogP contribution < -0.4 is 15.0 Å². The van der Waals surface area contributed by atoms with E-state index in [0.717, 1.165) is 55.0 Å². The maximum Gasteiger partial charge on any atom is 0.229 e. The summed E-state index contributed by atoms with van der Waals surface area (Å²) in [5, 5.41) is 12.3. The molecule has 9 heteroatoms. The Morgan fingerprint density at radius 3 is 2.83 bits per heavy atom. The Kier molecular flexibility index (Phi) is 6.47. The lowest BCUT2D eigenvalue weighted by atomic mass is 10.1. The first-order chi connectivity index (χ1) is 16.9. The van der Waals surface area contributed by atoms with E-state index in [1.807, 2.05) is 31.2 Å². The van der Waals surface area contributed by atoms with Crippen molar-refractivity contribution >= 4 is 34.8 Å². The van der Waals surface area contributed by atoms with Crippen molar-refractivity contribution in [1.82, 2.24) is 14.8 Å². The van der Waals surface area contributed by atoms with Crippen LogP contribution in [-0.2, 0) is 22.6 Å². The number of hydrogen-bond acceptors (Lipinski definition) is 5. The Labute approximate surface area is 209 Å². The number of nitrogens with one attached hydrogen (secondary N) is 1. The van der Waals surface area contributed by atoms with Gasteiger partial charge in [0.05, 0.1) is 23.7 Å². The largest absolute Gasteiger partial charge is 0.495 e. The number of aromatic nitrogens is 3. The number of anilines is 2. The van der Waals surface area contributed by atoms with Crippen LogP contribution in [0.1, 0.15) is 37.1 Å². The highest BCUT2D eigenvalue weighted by molar-refractivity contribution is 6.33. The summed E-state index contributed by atoms with van der Waals surface area (Å²) in [6, 6.07) is 11.0. The molecule has 0 aliphatic carbocycles. The van der Waals surface area contributed by atoms with Gasteiger partial charge in [-0.05, 0) is 55.7 Å². The van der Waals surface area contributed by atoms with Gasteiger partial charge in [0.1, 0.15) is 11.6 Å². The van der Waals surface area contributed by atoms with Gasteiger partial charge in [-0.2, -0.15) is 0 Å². The van der Waals surface area contributed by atoms with Gasteiger partial charge in [0.25, 0.3) is 0 Å². The molecule has 35 heavy (non-hydrogen) atoms. The molecule has 8 nitrogen and oxygen atoms in total. The summed E-state index contributed by atoms with van der Waals surface area (Å²) >= 11 is 6.52. The Morgan fingerprint density at radius 2 is 2.00 bits per heavy atom. The number of fused-ring (bicyclic) bond motifs is 1. The number of halogens is 1. The van der Waals surface area contributed by atoms with E-state index in [9.17, 15) is 9.59 Å². The number of rotatable bonds is 5. The number of nitrogens with zero attached hydrogens (tertiary/aromatic N) is 4. The summed E-state index contributed by atoms with van der Waals surface area (Å²) in [5.74, 6) is 1.52. The van der Waals surface area contributed by atoms with E-state index in [4.69, 9.17) is 16.3 Å². The number of carbonyl (C=O) groups excluding carboxylic acids is 2. The molecule has 2 aliphatic heterocycles. The second kappa shape index (κ2) is 9.70. The van der Waals surface area contributed by atoms with Crippen LogP contribution in [0, 0.1) is 12.8 Å². The number of amides is 2. The van der Waals surface area contributed by atoms with Crippen LogP contribution in [0.3, 0.4) is 0 Å². The lowest BCUT2D eigenvalue weighted by Crippen LogP contribution is -2.28. The van der Waals surface area contributed by atoms with Crippen LogP contribution in [0.5, 0.6) is 5.75 Å². The maximum absolute atomic E-state index is 13.1. The molecule has 0 spiro atoms. The van der Waals surface area contributed by atoms with E-state index < -0.39 is 5.92 Å². The third kappa shape index (κ3) is 4.62. The minimum atomic E-state index is -0.476. The van der Waals surface area contributed by atoms with Crippen molar-refractivity contribution in [1.29, 1.82) is 0 Å². The molecule has 1 unspecified atom stereocenters. The fraction of sp³-hybridized carbons (Fsp3) is 0.385. The van der Waals surface area contributed by atoms with Crippen molar-refractivity contribution in [3.8, 4) is 17.1 Å². The molecule has 1 fully saturated rings. The van der Waals surface area contributed by atoms with Gasteiger partial charge in [-0.25, -0.2) is 0 Å². The Balaban J connectivity index is 1.35.